The van der Waals surface area contributed by atoms with Gasteiger partial charge in [-0.15, -0.1) is 0 Å². The minimum Gasteiger partial charge on any atom is -0.368 e. The third kappa shape index (κ3) is 2.94. The second kappa shape index (κ2) is 4.91. The summed E-state index contributed by atoms with van der Waals surface area (Å²) in [6, 6.07) is 0. The minimum atomic E-state index is -3.93. The molecular formula is C10H16N4O4S. The highest BCUT2D eigenvalue weighted by Gasteiger charge is 2.32. The molecule has 1 aliphatic rings. The molecule has 2 rings (SSSR count). The van der Waals surface area contributed by atoms with Gasteiger partial charge in [-0.3, -0.25) is 9.48 Å². The molecule has 8 nitrogen and oxygen atoms in total. The maximum atomic E-state index is 12.0. The van der Waals surface area contributed by atoms with E-state index in [4.69, 9.17) is 9.88 Å². The van der Waals surface area contributed by atoms with Crippen LogP contribution < -0.4 is 10.5 Å². The van der Waals surface area contributed by atoms with Gasteiger partial charge in [-0.05, 0) is 12.3 Å². The molecule has 0 spiro atoms. The molecule has 106 valence electrons. The molecule has 0 radical (unpaired) electrons. The number of ether oxygens (including phenoxy) is 1. The molecule has 1 saturated heterocycles. The Morgan fingerprint density at radius 2 is 2.32 bits per heavy atom. The van der Waals surface area contributed by atoms with Gasteiger partial charge in [0.05, 0.1) is 0 Å². The number of aromatic nitrogens is 2. The van der Waals surface area contributed by atoms with Crippen molar-refractivity contribution in [3.63, 3.8) is 0 Å². The number of carbonyl (C=O) groups excluding carboxylic acids is 1. The third-order valence-corrected chi connectivity index (χ3v) is 3.90. The first kappa shape index (κ1) is 14.0. The van der Waals surface area contributed by atoms with Gasteiger partial charge in [0.1, 0.15) is 11.0 Å². The van der Waals surface area contributed by atoms with E-state index in [1.807, 2.05) is 6.92 Å². The zero-order valence-electron chi connectivity index (χ0n) is 10.7. The normalized spacial score (nSPS) is 23.5. The molecule has 9 heteroatoms. The third-order valence-electron chi connectivity index (χ3n) is 2.99. The van der Waals surface area contributed by atoms with E-state index < -0.39 is 22.0 Å². The Labute approximate surface area is 111 Å². The minimum absolute atomic E-state index is 0.0716. The summed E-state index contributed by atoms with van der Waals surface area (Å²) in [4.78, 5) is 11.8. The van der Waals surface area contributed by atoms with Gasteiger partial charge in [0, 0.05) is 19.9 Å². The maximum Gasteiger partial charge on any atom is 0.255 e. The van der Waals surface area contributed by atoms with Crippen molar-refractivity contribution in [1.29, 1.82) is 0 Å². The van der Waals surface area contributed by atoms with Crippen LogP contribution >= 0.6 is 0 Å². The Hall–Kier alpha value is -1.45. The van der Waals surface area contributed by atoms with Gasteiger partial charge >= 0.3 is 0 Å². The Kier molecular flexibility index (Phi) is 3.61. The first-order chi connectivity index (χ1) is 8.79. The summed E-state index contributed by atoms with van der Waals surface area (Å²) in [7, 11) is -2.39. The maximum absolute atomic E-state index is 12.0. The van der Waals surface area contributed by atoms with E-state index >= 15 is 0 Å². The predicted molar refractivity (Wildman–Crippen MR) is 66.7 cm³/mol. The second-order valence-electron chi connectivity index (χ2n) is 4.61. The average molecular weight is 288 g/mol. The Morgan fingerprint density at radius 1 is 1.63 bits per heavy atom. The quantitative estimate of drug-likeness (QED) is 0.772. The molecule has 2 atom stereocenters. The van der Waals surface area contributed by atoms with Gasteiger partial charge in [-0.1, -0.05) is 6.92 Å². The number of hydrogen-bond donors (Lipinski definition) is 2. The van der Waals surface area contributed by atoms with E-state index in [0.29, 0.717) is 6.61 Å². The fourth-order valence-corrected chi connectivity index (χ4v) is 2.64. The lowest BCUT2D eigenvalue weighted by Gasteiger charge is -2.13. The van der Waals surface area contributed by atoms with E-state index in [1.165, 1.54) is 10.9 Å². The van der Waals surface area contributed by atoms with Crippen molar-refractivity contribution in [2.24, 2.45) is 18.1 Å². The molecule has 0 aromatic carbocycles. The average Bonchev–Trinajstić information content (AvgIpc) is 2.84. The summed E-state index contributed by atoms with van der Waals surface area (Å²) >= 11 is 0. The van der Waals surface area contributed by atoms with Crippen molar-refractivity contribution in [3.8, 4) is 0 Å². The molecule has 3 N–H and O–H groups in total. The van der Waals surface area contributed by atoms with Crippen LogP contribution in [0.25, 0.3) is 0 Å². The number of sulfonamides is 1. The van der Waals surface area contributed by atoms with E-state index in [9.17, 15) is 13.2 Å². The smallest absolute Gasteiger partial charge is 0.255 e. The number of hydrogen-bond acceptors (Lipinski definition) is 5. The van der Waals surface area contributed by atoms with Crippen LogP contribution in [0, 0.1) is 5.92 Å². The molecule has 2 heterocycles. The number of rotatable bonds is 3. The van der Waals surface area contributed by atoms with Gasteiger partial charge in [0.25, 0.3) is 5.91 Å². The molecule has 0 bridgehead atoms. The van der Waals surface area contributed by atoms with Crippen LogP contribution in [-0.4, -0.2) is 36.8 Å². The summed E-state index contributed by atoms with van der Waals surface area (Å²) in [6.45, 7) is 2.42. The zero-order valence-corrected chi connectivity index (χ0v) is 11.5. The number of anilines is 1. The lowest BCUT2D eigenvalue weighted by Crippen LogP contribution is -2.32. The second-order valence-corrected chi connectivity index (χ2v) is 6.14. The van der Waals surface area contributed by atoms with Crippen LogP contribution in [0.4, 0.5) is 5.82 Å². The molecule has 1 aromatic rings. The van der Waals surface area contributed by atoms with Crippen LogP contribution in [-0.2, 0) is 26.6 Å². The molecular weight excluding hydrogens is 272 g/mol. The SMILES string of the molecule is CC1CCOC1C(=O)Nc1nn(C)cc1S(N)(=O)=O. The molecule has 19 heavy (non-hydrogen) atoms. The summed E-state index contributed by atoms with van der Waals surface area (Å²) in [5.74, 6) is -0.395. The van der Waals surface area contributed by atoms with Crippen molar-refractivity contribution >= 4 is 21.7 Å². The highest BCUT2D eigenvalue weighted by molar-refractivity contribution is 7.89. The predicted octanol–water partition coefficient (Wildman–Crippen LogP) is -0.569. The highest BCUT2D eigenvalue weighted by Crippen LogP contribution is 2.23. The van der Waals surface area contributed by atoms with Gasteiger partial charge in [-0.25, -0.2) is 13.6 Å². The number of nitrogens with two attached hydrogens (primary N) is 1. The first-order valence-electron chi connectivity index (χ1n) is 5.78. The number of nitrogens with one attached hydrogen (secondary N) is 1. The van der Waals surface area contributed by atoms with Crippen molar-refractivity contribution in [3.05, 3.63) is 6.20 Å². The Morgan fingerprint density at radius 3 is 2.84 bits per heavy atom. The lowest BCUT2D eigenvalue weighted by atomic mass is 10.0. The van der Waals surface area contributed by atoms with Crippen LogP contribution in [0.2, 0.25) is 0 Å². The first-order valence-corrected chi connectivity index (χ1v) is 7.32. The molecule has 1 aromatic heterocycles. The monoisotopic (exact) mass is 288 g/mol. The number of primary sulfonamides is 1. The summed E-state index contributed by atoms with van der Waals surface area (Å²) < 4.78 is 29.3. The van der Waals surface area contributed by atoms with Gasteiger partial charge < -0.3 is 10.1 Å². The van der Waals surface area contributed by atoms with Gasteiger partial charge in [0.15, 0.2) is 5.82 Å². The zero-order chi connectivity index (χ0) is 14.2. The fourth-order valence-electron chi connectivity index (χ4n) is 1.98. The van der Waals surface area contributed by atoms with Gasteiger partial charge in [-0.2, -0.15) is 5.10 Å². The molecule has 1 aliphatic heterocycles. The Balaban J connectivity index is 2.22. The van der Waals surface area contributed by atoms with Crippen LogP contribution in [0.15, 0.2) is 11.1 Å². The topological polar surface area (TPSA) is 116 Å². The van der Waals surface area contributed by atoms with Crippen molar-refractivity contribution in [1.82, 2.24) is 9.78 Å². The fraction of sp³-hybridized carbons (Fsp3) is 0.600. The molecule has 0 aliphatic carbocycles. The van der Waals surface area contributed by atoms with Crippen molar-refractivity contribution in [2.45, 2.75) is 24.3 Å². The molecule has 2 unspecified atom stereocenters. The number of amides is 1. The van der Waals surface area contributed by atoms with E-state index in [1.54, 1.807) is 7.05 Å². The summed E-state index contributed by atoms with van der Waals surface area (Å²) in [6.07, 6.45) is 1.45. The van der Waals surface area contributed by atoms with Crippen LogP contribution in [0.1, 0.15) is 13.3 Å². The number of carbonyl (C=O) groups is 1. The molecule has 1 fully saturated rings. The summed E-state index contributed by atoms with van der Waals surface area (Å²) in [5.41, 5.74) is 0. The Bertz CT molecular complexity index is 595. The van der Waals surface area contributed by atoms with Gasteiger partial charge in [0.2, 0.25) is 10.0 Å². The van der Waals surface area contributed by atoms with Crippen molar-refractivity contribution in [2.75, 3.05) is 11.9 Å². The summed E-state index contributed by atoms with van der Waals surface area (Å²) in [5, 5.41) is 11.4. The van der Waals surface area contributed by atoms with E-state index in [0.717, 1.165) is 6.42 Å². The van der Waals surface area contributed by atoms with Crippen LogP contribution in [0.3, 0.4) is 0 Å². The molecule has 0 saturated carbocycles. The van der Waals surface area contributed by atoms with Crippen LogP contribution in [0.5, 0.6) is 0 Å². The largest absolute Gasteiger partial charge is 0.368 e. The lowest BCUT2D eigenvalue weighted by molar-refractivity contribution is -0.126. The number of aryl methyl sites for hydroxylation is 1. The van der Waals surface area contributed by atoms with E-state index in [-0.39, 0.29) is 16.6 Å². The highest BCUT2D eigenvalue weighted by atomic mass is 32.2. The number of nitrogens with zero attached hydrogens (tertiary/aromatic N) is 2. The van der Waals surface area contributed by atoms with Crippen molar-refractivity contribution < 1.29 is 17.9 Å². The molecule has 1 amide bonds. The van der Waals surface area contributed by atoms with E-state index in [2.05, 4.69) is 10.4 Å². The standard InChI is InChI=1S/C10H16N4O4S/c1-6-3-4-18-8(6)10(15)12-9-7(19(11,16)17)5-14(2)13-9/h5-6,8H,3-4H2,1-2H3,(H2,11,16,17)(H,12,13,15).